The van der Waals surface area contributed by atoms with E-state index in [0.29, 0.717) is 25.9 Å². The maximum atomic E-state index is 13.8. The molecule has 2 aromatic rings. The number of piperidine rings is 1. The monoisotopic (exact) mass is 347 g/mol. The molecule has 0 saturated carbocycles. The maximum absolute atomic E-state index is 13.8. The van der Waals surface area contributed by atoms with Crippen LogP contribution in [-0.4, -0.2) is 45.2 Å². The van der Waals surface area contributed by atoms with Gasteiger partial charge in [-0.2, -0.15) is 0 Å². The molecule has 1 fully saturated rings. The van der Waals surface area contributed by atoms with E-state index in [9.17, 15) is 13.6 Å². The summed E-state index contributed by atoms with van der Waals surface area (Å²) in [5, 5.41) is 11.8. The highest BCUT2D eigenvalue weighted by molar-refractivity contribution is 5.94. The van der Waals surface area contributed by atoms with Gasteiger partial charge in [-0.3, -0.25) is 4.79 Å². The molecule has 3 heterocycles. The first kappa shape index (κ1) is 16.1. The SMILES string of the molecule is O=C(c1c(F)cccc1F)N1CCC(c2nnc3n2CCNC3)CC1. The molecule has 0 unspecified atom stereocenters. The van der Waals surface area contributed by atoms with Crippen molar-refractivity contribution in [3.05, 3.63) is 47.0 Å². The molecule has 2 aliphatic heterocycles. The van der Waals surface area contributed by atoms with Crippen LogP contribution in [0.1, 0.15) is 40.8 Å². The number of nitrogens with one attached hydrogen (secondary N) is 1. The lowest BCUT2D eigenvalue weighted by molar-refractivity contribution is 0.0700. The second kappa shape index (κ2) is 6.51. The van der Waals surface area contributed by atoms with Gasteiger partial charge >= 0.3 is 0 Å². The van der Waals surface area contributed by atoms with Crippen molar-refractivity contribution in [1.82, 2.24) is 25.0 Å². The average molecular weight is 347 g/mol. The standard InChI is InChI=1S/C17H19F2N5O/c18-12-2-1-3-13(19)15(12)17(25)23-7-4-11(5-8-23)16-22-21-14-10-20-6-9-24(14)16/h1-3,11,20H,4-10H2. The summed E-state index contributed by atoms with van der Waals surface area (Å²) in [6, 6.07) is 3.48. The van der Waals surface area contributed by atoms with E-state index in [-0.39, 0.29) is 5.92 Å². The molecule has 25 heavy (non-hydrogen) atoms. The Kier molecular flexibility index (Phi) is 4.20. The summed E-state index contributed by atoms with van der Waals surface area (Å²) in [7, 11) is 0. The third kappa shape index (κ3) is 2.90. The minimum atomic E-state index is -0.814. The predicted molar refractivity (Wildman–Crippen MR) is 86.0 cm³/mol. The van der Waals surface area contributed by atoms with Gasteiger partial charge < -0.3 is 14.8 Å². The van der Waals surface area contributed by atoms with Gasteiger partial charge in [-0.05, 0) is 25.0 Å². The van der Waals surface area contributed by atoms with E-state index in [1.54, 1.807) is 0 Å². The van der Waals surface area contributed by atoms with Gasteiger partial charge in [0.2, 0.25) is 0 Å². The number of hydrogen-bond donors (Lipinski definition) is 1. The van der Waals surface area contributed by atoms with Gasteiger partial charge in [0.25, 0.3) is 5.91 Å². The third-order valence-corrected chi connectivity index (χ3v) is 4.98. The molecule has 0 bridgehead atoms. The number of rotatable bonds is 2. The molecular weight excluding hydrogens is 328 g/mol. The minimum absolute atomic E-state index is 0.217. The molecule has 6 nitrogen and oxygen atoms in total. The topological polar surface area (TPSA) is 63.1 Å². The van der Waals surface area contributed by atoms with Crippen LogP contribution in [0, 0.1) is 11.6 Å². The first-order chi connectivity index (χ1) is 12.1. The third-order valence-electron chi connectivity index (χ3n) is 4.98. The Bertz CT molecular complexity index is 778. The van der Waals surface area contributed by atoms with Gasteiger partial charge in [-0.15, -0.1) is 10.2 Å². The van der Waals surface area contributed by atoms with Crippen LogP contribution < -0.4 is 5.32 Å². The zero-order valence-corrected chi connectivity index (χ0v) is 13.7. The van der Waals surface area contributed by atoms with E-state index in [1.165, 1.54) is 11.0 Å². The summed E-state index contributed by atoms with van der Waals surface area (Å²) in [6.45, 7) is 3.37. The number of benzene rings is 1. The van der Waals surface area contributed by atoms with Crippen molar-refractivity contribution in [2.75, 3.05) is 19.6 Å². The highest BCUT2D eigenvalue weighted by Crippen LogP contribution is 2.29. The fraction of sp³-hybridized carbons (Fsp3) is 0.471. The number of carbonyl (C=O) groups excluding carboxylic acids is 1. The Morgan fingerprint density at radius 3 is 2.56 bits per heavy atom. The largest absolute Gasteiger partial charge is 0.338 e. The molecule has 0 radical (unpaired) electrons. The molecule has 2 aliphatic rings. The van der Waals surface area contributed by atoms with Gasteiger partial charge in [-0.25, -0.2) is 8.78 Å². The van der Waals surface area contributed by atoms with Crippen molar-refractivity contribution < 1.29 is 13.6 Å². The van der Waals surface area contributed by atoms with Crippen molar-refractivity contribution in [2.45, 2.75) is 31.8 Å². The molecule has 0 aliphatic carbocycles. The predicted octanol–water partition coefficient (Wildman–Crippen LogP) is 1.68. The summed E-state index contributed by atoms with van der Waals surface area (Å²) in [5.74, 6) is -0.0958. The zero-order chi connectivity index (χ0) is 17.4. The molecule has 1 saturated heterocycles. The molecule has 1 N–H and O–H groups in total. The smallest absolute Gasteiger partial charge is 0.259 e. The Labute approximate surface area is 143 Å². The summed E-state index contributed by atoms with van der Waals surface area (Å²) < 4.78 is 29.8. The van der Waals surface area contributed by atoms with Crippen LogP contribution >= 0.6 is 0 Å². The highest BCUT2D eigenvalue weighted by Gasteiger charge is 2.30. The van der Waals surface area contributed by atoms with E-state index in [1.807, 2.05) is 0 Å². The fourth-order valence-corrected chi connectivity index (χ4v) is 3.62. The van der Waals surface area contributed by atoms with Gasteiger partial charge in [0, 0.05) is 32.1 Å². The van der Waals surface area contributed by atoms with Crippen molar-refractivity contribution in [1.29, 1.82) is 0 Å². The minimum Gasteiger partial charge on any atom is -0.338 e. The average Bonchev–Trinajstić information content (AvgIpc) is 3.06. The van der Waals surface area contributed by atoms with Crippen LogP contribution in [0.15, 0.2) is 18.2 Å². The van der Waals surface area contributed by atoms with Crippen LogP contribution in [-0.2, 0) is 13.1 Å². The van der Waals surface area contributed by atoms with Crippen molar-refractivity contribution >= 4 is 5.91 Å². The molecule has 1 aromatic heterocycles. The summed E-state index contributed by atoms with van der Waals surface area (Å²) in [5.41, 5.74) is -0.466. The van der Waals surface area contributed by atoms with Gasteiger partial charge in [0.15, 0.2) is 0 Å². The quantitative estimate of drug-likeness (QED) is 0.898. The van der Waals surface area contributed by atoms with Gasteiger partial charge in [0.1, 0.15) is 28.8 Å². The van der Waals surface area contributed by atoms with Crippen LogP contribution in [0.25, 0.3) is 0 Å². The van der Waals surface area contributed by atoms with Gasteiger partial charge in [-0.1, -0.05) is 6.07 Å². The van der Waals surface area contributed by atoms with Crippen molar-refractivity contribution in [3.8, 4) is 0 Å². The lowest BCUT2D eigenvalue weighted by Gasteiger charge is -2.32. The summed E-state index contributed by atoms with van der Waals surface area (Å²) in [6.07, 6.45) is 1.43. The molecule has 1 aromatic carbocycles. The molecular formula is C17H19F2N5O. The van der Waals surface area contributed by atoms with Crippen LogP contribution in [0.2, 0.25) is 0 Å². The number of nitrogens with zero attached hydrogens (tertiary/aromatic N) is 4. The molecule has 0 atom stereocenters. The van der Waals surface area contributed by atoms with E-state index < -0.39 is 23.1 Å². The summed E-state index contributed by atoms with van der Waals surface area (Å²) in [4.78, 5) is 14.0. The molecule has 1 amide bonds. The van der Waals surface area contributed by atoms with E-state index >= 15 is 0 Å². The summed E-state index contributed by atoms with van der Waals surface area (Å²) >= 11 is 0. The Balaban J connectivity index is 1.47. The number of aromatic nitrogens is 3. The molecule has 8 heteroatoms. The lowest BCUT2D eigenvalue weighted by atomic mass is 9.95. The van der Waals surface area contributed by atoms with E-state index in [2.05, 4.69) is 20.1 Å². The number of amides is 1. The normalized spacial score (nSPS) is 18.2. The van der Waals surface area contributed by atoms with Gasteiger partial charge in [0.05, 0.1) is 6.54 Å². The number of likely N-dealkylation sites (tertiary alicyclic amines) is 1. The maximum Gasteiger partial charge on any atom is 0.259 e. The number of carbonyl (C=O) groups is 1. The van der Waals surface area contributed by atoms with Crippen LogP contribution in [0.4, 0.5) is 8.78 Å². The Hall–Kier alpha value is -2.35. The second-order valence-corrected chi connectivity index (χ2v) is 6.47. The molecule has 0 spiro atoms. The second-order valence-electron chi connectivity index (χ2n) is 6.47. The zero-order valence-electron chi connectivity index (χ0n) is 13.7. The van der Waals surface area contributed by atoms with E-state index in [4.69, 9.17) is 0 Å². The van der Waals surface area contributed by atoms with Crippen LogP contribution in [0.3, 0.4) is 0 Å². The number of hydrogen-bond acceptors (Lipinski definition) is 4. The molecule has 132 valence electrons. The molecule has 4 rings (SSSR count). The van der Waals surface area contributed by atoms with Crippen molar-refractivity contribution in [2.24, 2.45) is 0 Å². The Morgan fingerprint density at radius 2 is 1.84 bits per heavy atom. The first-order valence-corrected chi connectivity index (χ1v) is 8.51. The van der Waals surface area contributed by atoms with Crippen LogP contribution in [0.5, 0.6) is 0 Å². The van der Waals surface area contributed by atoms with E-state index in [0.717, 1.165) is 43.4 Å². The highest BCUT2D eigenvalue weighted by atomic mass is 19.1. The van der Waals surface area contributed by atoms with Crippen molar-refractivity contribution in [3.63, 3.8) is 0 Å². The first-order valence-electron chi connectivity index (χ1n) is 8.51. The fourth-order valence-electron chi connectivity index (χ4n) is 3.62. The number of fused-ring (bicyclic) bond motifs is 1. The lowest BCUT2D eigenvalue weighted by Crippen LogP contribution is -2.39. The Morgan fingerprint density at radius 1 is 1.12 bits per heavy atom. The number of halogens is 2.